The van der Waals surface area contributed by atoms with Gasteiger partial charge in [-0.15, -0.1) is 0 Å². The first-order valence-electron chi connectivity index (χ1n) is 3.98. The number of hydrogen-bond acceptors (Lipinski definition) is 2. The van der Waals surface area contributed by atoms with Crippen molar-refractivity contribution in [1.82, 2.24) is 0 Å². The van der Waals surface area contributed by atoms with Crippen LogP contribution in [0.3, 0.4) is 0 Å². The second kappa shape index (κ2) is 13.4. The van der Waals surface area contributed by atoms with Crippen LogP contribution in [-0.2, 0) is 9.59 Å². The Morgan fingerprint density at radius 1 is 1.00 bits per heavy atom. The van der Waals surface area contributed by atoms with E-state index in [1.165, 1.54) is 12.8 Å². The zero-order valence-electron chi connectivity index (χ0n) is 8.63. The minimum atomic E-state index is 0.500. The van der Waals surface area contributed by atoms with E-state index < -0.39 is 0 Å². The Bertz CT molecular complexity index is 146. The highest BCUT2D eigenvalue weighted by Crippen LogP contribution is 2.22. The topological polar surface area (TPSA) is 78.7 Å². The summed E-state index contributed by atoms with van der Waals surface area (Å²) in [7, 11) is 0. The first-order valence-corrected chi connectivity index (χ1v) is 3.98. The third-order valence-corrected chi connectivity index (χ3v) is 1.91. The molecule has 0 atom stereocenters. The van der Waals surface area contributed by atoms with Gasteiger partial charge < -0.3 is 10.8 Å². The van der Waals surface area contributed by atoms with Crippen molar-refractivity contribution in [3.8, 4) is 0 Å². The van der Waals surface area contributed by atoms with Crippen molar-refractivity contribution in [3.63, 3.8) is 0 Å². The zero-order chi connectivity index (χ0) is 11.3. The summed E-state index contributed by atoms with van der Waals surface area (Å²) in [4.78, 5) is 16.5. The fourth-order valence-corrected chi connectivity index (χ4v) is 0.250. The SMILES string of the molecule is CCC(C)(C)CC.[N-]=C=O.[N-]=C=O. The molecule has 0 amide bonds. The lowest BCUT2D eigenvalue weighted by molar-refractivity contribution is 0.338. The molecule has 0 rings (SSSR count). The maximum atomic E-state index is 8.24. The molecule has 0 aliphatic heterocycles. The summed E-state index contributed by atoms with van der Waals surface area (Å²) >= 11 is 0. The number of nitrogens with zero attached hydrogens (tertiary/aromatic N) is 2. The molecule has 0 aromatic heterocycles. The van der Waals surface area contributed by atoms with Crippen molar-refractivity contribution in [1.29, 1.82) is 0 Å². The lowest BCUT2D eigenvalue weighted by Crippen LogP contribution is -2.05. The largest absolute Gasteiger partial charge is 0.724 e. The standard InChI is InChI=1S/C7H16.2CNO/c1-5-7(3,4)6-2;2*2-1-3/h5-6H2,1-4H3;;/q;2*-1. The maximum Gasteiger partial charge on any atom is -0.0159 e. The second-order valence-corrected chi connectivity index (χ2v) is 3.05. The Morgan fingerprint density at radius 2 is 1.15 bits per heavy atom. The van der Waals surface area contributed by atoms with E-state index in [1.807, 2.05) is 0 Å². The molecule has 0 aromatic carbocycles. The quantitative estimate of drug-likeness (QED) is 0.488. The van der Waals surface area contributed by atoms with Crippen LogP contribution in [0.2, 0.25) is 0 Å². The Hall–Kier alpha value is -1.24. The fraction of sp³-hybridized carbons (Fsp3) is 0.778. The summed E-state index contributed by atoms with van der Waals surface area (Å²) in [5, 5.41) is 13.5. The van der Waals surface area contributed by atoms with Crippen LogP contribution >= 0.6 is 0 Å². The molecule has 0 aromatic rings. The van der Waals surface area contributed by atoms with Crippen LogP contribution in [0.5, 0.6) is 0 Å². The Balaban J connectivity index is -0.000000140. The smallest absolute Gasteiger partial charge is 0.0159 e. The van der Waals surface area contributed by atoms with Gasteiger partial charge in [0.05, 0.1) is 0 Å². The van der Waals surface area contributed by atoms with E-state index in [-0.39, 0.29) is 0 Å². The molecule has 4 nitrogen and oxygen atoms in total. The summed E-state index contributed by atoms with van der Waals surface area (Å²) in [5.74, 6) is 0. The summed E-state index contributed by atoms with van der Waals surface area (Å²) in [6, 6.07) is 0. The molecule has 4 heteroatoms. The summed E-state index contributed by atoms with van der Waals surface area (Å²) in [5.41, 5.74) is 0.583. The monoisotopic (exact) mass is 184 g/mol. The highest BCUT2D eigenvalue weighted by molar-refractivity contribution is 5.37. The van der Waals surface area contributed by atoms with Crippen LogP contribution < -0.4 is 0 Å². The van der Waals surface area contributed by atoms with Gasteiger partial charge in [0.25, 0.3) is 0 Å². The average molecular weight is 184 g/mol. The lowest BCUT2D eigenvalue weighted by Gasteiger charge is -2.18. The lowest BCUT2D eigenvalue weighted by atomic mass is 9.88. The molecule has 0 saturated heterocycles. The molecule has 0 unspecified atom stereocenters. The minimum absolute atomic E-state index is 0.500. The van der Waals surface area contributed by atoms with Crippen molar-refractivity contribution >= 4 is 12.2 Å². The molecule has 0 fully saturated rings. The first kappa shape index (κ1) is 17.7. The Labute approximate surface area is 79.4 Å². The summed E-state index contributed by atoms with van der Waals surface area (Å²) in [6.07, 6.45) is 3.59. The molecule has 0 bridgehead atoms. The van der Waals surface area contributed by atoms with Crippen molar-refractivity contribution in [2.45, 2.75) is 40.5 Å². The Kier molecular flexibility index (Phi) is 18.2. The molecular formula is C9H16N2O2-2. The first-order chi connectivity index (χ1) is 5.95. The van der Waals surface area contributed by atoms with Gasteiger partial charge in [0.15, 0.2) is 0 Å². The molecule has 0 radical (unpaired) electrons. The normalized spacial score (nSPS) is 7.69. The Morgan fingerprint density at radius 3 is 1.15 bits per heavy atom. The molecule has 0 heterocycles. The predicted molar refractivity (Wildman–Crippen MR) is 52.5 cm³/mol. The van der Waals surface area contributed by atoms with E-state index in [0.29, 0.717) is 17.6 Å². The van der Waals surface area contributed by atoms with Crippen LogP contribution in [0, 0.1) is 5.41 Å². The number of carbonyl (C=O) groups excluding carboxylic acids is 2. The summed E-state index contributed by atoms with van der Waals surface area (Å²) in [6.45, 7) is 9.08. The van der Waals surface area contributed by atoms with Crippen molar-refractivity contribution < 1.29 is 9.59 Å². The number of isocyanates is 2. The summed E-state index contributed by atoms with van der Waals surface area (Å²) < 4.78 is 0. The molecule has 0 N–H and O–H groups in total. The van der Waals surface area contributed by atoms with E-state index in [1.54, 1.807) is 0 Å². The van der Waals surface area contributed by atoms with Crippen LogP contribution in [0.25, 0.3) is 10.8 Å². The molecule has 0 saturated carbocycles. The van der Waals surface area contributed by atoms with Gasteiger partial charge in [-0.1, -0.05) is 40.5 Å². The average Bonchev–Trinajstić information content (AvgIpc) is 2.08. The highest BCUT2D eigenvalue weighted by Gasteiger charge is 2.09. The molecule has 13 heavy (non-hydrogen) atoms. The van der Waals surface area contributed by atoms with Gasteiger partial charge in [0, 0.05) is 0 Å². The number of rotatable bonds is 2. The molecule has 0 aliphatic carbocycles. The fourth-order valence-electron chi connectivity index (χ4n) is 0.250. The predicted octanol–water partition coefficient (Wildman–Crippen LogP) is 2.62. The van der Waals surface area contributed by atoms with Crippen LogP contribution in [0.4, 0.5) is 0 Å². The van der Waals surface area contributed by atoms with Gasteiger partial charge in [0.1, 0.15) is 0 Å². The maximum absolute atomic E-state index is 8.24. The molecular weight excluding hydrogens is 168 g/mol. The van der Waals surface area contributed by atoms with Crippen LogP contribution in [0.15, 0.2) is 0 Å². The van der Waals surface area contributed by atoms with Gasteiger partial charge in [-0.05, 0) is 17.6 Å². The zero-order valence-corrected chi connectivity index (χ0v) is 8.63. The van der Waals surface area contributed by atoms with Gasteiger partial charge in [0.2, 0.25) is 0 Å². The third kappa shape index (κ3) is 36.4. The molecule has 76 valence electrons. The van der Waals surface area contributed by atoms with Crippen LogP contribution in [-0.4, -0.2) is 12.2 Å². The van der Waals surface area contributed by atoms with Crippen molar-refractivity contribution in [2.75, 3.05) is 0 Å². The van der Waals surface area contributed by atoms with E-state index in [9.17, 15) is 0 Å². The van der Waals surface area contributed by atoms with E-state index in [4.69, 9.17) is 20.4 Å². The van der Waals surface area contributed by atoms with Crippen molar-refractivity contribution in [3.05, 3.63) is 10.8 Å². The molecule has 0 aliphatic rings. The van der Waals surface area contributed by atoms with E-state index in [0.717, 1.165) is 0 Å². The minimum Gasteiger partial charge on any atom is -0.724 e. The van der Waals surface area contributed by atoms with E-state index in [2.05, 4.69) is 27.7 Å². The molecule has 0 spiro atoms. The van der Waals surface area contributed by atoms with Gasteiger partial charge in [-0.3, -0.25) is 9.59 Å². The van der Waals surface area contributed by atoms with E-state index >= 15 is 0 Å². The number of hydrogen-bond donors (Lipinski definition) is 0. The van der Waals surface area contributed by atoms with Gasteiger partial charge >= 0.3 is 0 Å². The van der Waals surface area contributed by atoms with Gasteiger partial charge in [-0.25, -0.2) is 0 Å². The second-order valence-electron chi connectivity index (χ2n) is 3.05. The van der Waals surface area contributed by atoms with Gasteiger partial charge in [-0.2, -0.15) is 0 Å². The highest BCUT2D eigenvalue weighted by atomic mass is 16.1. The van der Waals surface area contributed by atoms with Crippen LogP contribution in [0.1, 0.15) is 40.5 Å². The third-order valence-electron chi connectivity index (χ3n) is 1.91. The van der Waals surface area contributed by atoms with Crippen molar-refractivity contribution in [2.24, 2.45) is 5.41 Å².